The number of hydrogen-bond acceptors (Lipinski definition) is 3. The number of piperidine rings is 1. The van der Waals surface area contributed by atoms with Gasteiger partial charge in [-0.2, -0.15) is 0 Å². The summed E-state index contributed by atoms with van der Waals surface area (Å²) in [5.74, 6) is 0. The number of H-pyrrole nitrogens is 2. The highest BCUT2D eigenvalue weighted by Crippen LogP contribution is 2.33. The second kappa shape index (κ2) is 7.03. The van der Waals surface area contributed by atoms with Crippen LogP contribution in [0, 0.1) is 4.77 Å². The monoisotopic (exact) mass is 384 g/mol. The Balaban J connectivity index is 1.79. The van der Waals surface area contributed by atoms with Gasteiger partial charge in [0.25, 0.3) is 5.56 Å². The van der Waals surface area contributed by atoms with Crippen LogP contribution in [0.15, 0.2) is 41.3 Å². The number of likely N-dealkylation sites (tertiary alicyclic amines) is 1. The maximum Gasteiger partial charge on any atom is 0.407 e. The minimum absolute atomic E-state index is 0.161. The van der Waals surface area contributed by atoms with Crippen molar-refractivity contribution >= 4 is 29.3 Å². The van der Waals surface area contributed by atoms with Crippen molar-refractivity contribution in [1.82, 2.24) is 19.4 Å². The maximum atomic E-state index is 12.1. The summed E-state index contributed by atoms with van der Waals surface area (Å²) in [5, 5.41) is 9.60. The van der Waals surface area contributed by atoms with Crippen molar-refractivity contribution in [1.29, 1.82) is 0 Å². The Kier molecular flexibility index (Phi) is 4.57. The summed E-state index contributed by atoms with van der Waals surface area (Å²) < 4.78 is 2.22. The van der Waals surface area contributed by atoms with E-state index in [1.807, 2.05) is 34.9 Å². The lowest BCUT2D eigenvalue weighted by Gasteiger charge is -2.35. The molecule has 7 nitrogen and oxygen atoms in total. The van der Waals surface area contributed by atoms with E-state index in [-0.39, 0.29) is 11.6 Å². The molecule has 1 fully saturated rings. The zero-order chi connectivity index (χ0) is 19.0. The SMILES string of the molecule is O=C(O)N1CCCCC1c1ccccc1Cn1c(=S)[nH]c(=O)c2[nH]ccc21. The first-order valence-corrected chi connectivity index (χ1v) is 9.34. The van der Waals surface area contributed by atoms with Crippen LogP contribution in [0.1, 0.15) is 36.4 Å². The third-order valence-corrected chi connectivity index (χ3v) is 5.52. The molecule has 3 N–H and O–H groups in total. The Morgan fingerprint density at radius 3 is 2.89 bits per heavy atom. The van der Waals surface area contributed by atoms with Gasteiger partial charge in [0.05, 0.1) is 18.1 Å². The number of benzene rings is 1. The molecule has 1 unspecified atom stereocenters. The number of hydrogen-bond donors (Lipinski definition) is 3. The third kappa shape index (κ3) is 3.16. The van der Waals surface area contributed by atoms with Gasteiger partial charge in [-0.05, 0) is 48.7 Å². The Labute approximate surface area is 160 Å². The lowest BCUT2D eigenvalue weighted by atomic mass is 9.92. The van der Waals surface area contributed by atoms with Crippen molar-refractivity contribution in [2.24, 2.45) is 0 Å². The minimum Gasteiger partial charge on any atom is -0.465 e. The summed E-state index contributed by atoms with van der Waals surface area (Å²) in [4.78, 5) is 30.9. The van der Waals surface area contributed by atoms with Gasteiger partial charge in [-0.25, -0.2) is 4.79 Å². The molecule has 27 heavy (non-hydrogen) atoms. The maximum absolute atomic E-state index is 12.1. The van der Waals surface area contributed by atoms with E-state index in [0.717, 1.165) is 35.9 Å². The molecule has 0 spiro atoms. The predicted octanol–water partition coefficient (Wildman–Crippen LogP) is 3.64. The molecule has 0 saturated carbocycles. The first kappa shape index (κ1) is 17.5. The van der Waals surface area contributed by atoms with Crippen molar-refractivity contribution in [3.8, 4) is 0 Å². The molecule has 1 aromatic carbocycles. The summed E-state index contributed by atoms with van der Waals surface area (Å²) >= 11 is 5.39. The fourth-order valence-corrected chi connectivity index (χ4v) is 4.17. The normalized spacial score (nSPS) is 17.3. The van der Waals surface area contributed by atoms with Gasteiger partial charge in [-0.15, -0.1) is 0 Å². The second-order valence-corrected chi connectivity index (χ2v) is 7.16. The first-order chi connectivity index (χ1) is 13.1. The fraction of sp³-hybridized carbons (Fsp3) is 0.316. The molecule has 2 aromatic heterocycles. The van der Waals surface area contributed by atoms with Crippen molar-refractivity contribution in [2.45, 2.75) is 31.8 Å². The van der Waals surface area contributed by atoms with Gasteiger partial charge in [0.2, 0.25) is 0 Å². The molecule has 140 valence electrons. The molecule has 1 atom stereocenters. The highest BCUT2D eigenvalue weighted by molar-refractivity contribution is 7.71. The van der Waals surface area contributed by atoms with Crippen LogP contribution in [-0.4, -0.2) is 37.2 Å². The molecular formula is C19H20N4O3S. The van der Waals surface area contributed by atoms with Crippen LogP contribution in [0.5, 0.6) is 0 Å². The number of amides is 1. The van der Waals surface area contributed by atoms with Crippen LogP contribution >= 0.6 is 12.2 Å². The number of nitrogens with zero attached hydrogens (tertiary/aromatic N) is 2. The van der Waals surface area contributed by atoms with Gasteiger partial charge in [-0.1, -0.05) is 24.3 Å². The second-order valence-electron chi connectivity index (χ2n) is 6.77. The number of nitrogens with one attached hydrogen (secondary N) is 2. The van der Waals surface area contributed by atoms with E-state index < -0.39 is 6.09 Å². The molecule has 4 rings (SSSR count). The first-order valence-electron chi connectivity index (χ1n) is 8.94. The van der Waals surface area contributed by atoms with Gasteiger partial charge in [0.15, 0.2) is 4.77 Å². The van der Waals surface area contributed by atoms with Crippen molar-refractivity contribution in [2.75, 3.05) is 6.54 Å². The van der Waals surface area contributed by atoms with Crippen molar-refractivity contribution in [3.05, 3.63) is 62.8 Å². The summed E-state index contributed by atoms with van der Waals surface area (Å²) in [7, 11) is 0. The number of aromatic amines is 2. The van der Waals surface area contributed by atoms with Crippen LogP contribution in [0.2, 0.25) is 0 Å². The molecule has 3 aromatic rings. The molecule has 8 heteroatoms. The number of carbonyl (C=O) groups is 1. The number of aromatic nitrogens is 3. The highest BCUT2D eigenvalue weighted by Gasteiger charge is 2.29. The van der Waals surface area contributed by atoms with Crippen LogP contribution in [0.25, 0.3) is 11.0 Å². The highest BCUT2D eigenvalue weighted by atomic mass is 32.1. The summed E-state index contributed by atoms with van der Waals surface area (Å²) in [5.41, 5.74) is 2.97. The Morgan fingerprint density at radius 2 is 2.07 bits per heavy atom. The van der Waals surface area contributed by atoms with Crippen LogP contribution in [-0.2, 0) is 6.54 Å². The van der Waals surface area contributed by atoms with Gasteiger partial charge in [-0.3, -0.25) is 9.78 Å². The number of rotatable bonds is 3. The average Bonchev–Trinajstić information content (AvgIpc) is 3.16. The standard InChI is InChI=1S/C19H20N4O3S/c24-17-16-15(8-9-20-16)23(18(27)21-17)11-12-5-1-2-6-13(12)14-7-3-4-10-22(14)19(25)26/h1-2,5-6,8-9,14,20H,3-4,7,10-11H2,(H,25,26)(H,21,24,27). The van der Waals surface area contributed by atoms with Crippen LogP contribution in [0.3, 0.4) is 0 Å². The number of fused-ring (bicyclic) bond motifs is 1. The fourth-order valence-electron chi connectivity index (χ4n) is 3.92. The number of carboxylic acid groups (broad SMARTS) is 1. The molecule has 3 heterocycles. The largest absolute Gasteiger partial charge is 0.465 e. The Morgan fingerprint density at radius 1 is 1.26 bits per heavy atom. The minimum atomic E-state index is -0.886. The molecule has 1 saturated heterocycles. The zero-order valence-corrected chi connectivity index (χ0v) is 15.5. The molecular weight excluding hydrogens is 364 g/mol. The van der Waals surface area contributed by atoms with Crippen molar-refractivity contribution < 1.29 is 9.90 Å². The predicted molar refractivity (Wildman–Crippen MR) is 105 cm³/mol. The summed E-state index contributed by atoms with van der Waals surface area (Å²) in [6.45, 7) is 1.01. The van der Waals surface area contributed by atoms with Gasteiger partial charge < -0.3 is 19.6 Å². The molecule has 1 aliphatic rings. The van der Waals surface area contributed by atoms with E-state index in [1.54, 1.807) is 6.20 Å². The van der Waals surface area contributed by atoms with Crippen LogP contribution in [0.4, 0.5) is 4.79 Å². The molecule has 0 radical (unpaired) electrons. The smallest absolute Gasteiger partial charge is 0.407 e. The van der Waals surface area contributed by atoms with Gasteiger partial charge in [0.1, 0.15) is 5.52 Å². The lowest BCUT2D eigenvalue weighted by molar-refractivity contribution is 0.106. The average molecular weight is 384 g/mol. The van der Waals surface area contributed by atoms with E-state index in [2.05, 4.69) is 9.97 Å². The Hall–Kier alpha value is -2.87. The van der Waals surface area contributed by atoms with Crippen LogP contribution < -0.4 is 5.56 Å². The van der Waals surface area contributed by atoms with Gasteiger partial charge >= 0.3 is 6.09 Å². The topological polar surface area (TPSA) is 94.1 Å². The quantitative estimate of drug-likeness (QED) is 0.601. The van der Waals surface area contributed by atoms with E-state index in [9.17, 15) is 14.7 Å². The molecule has 0 aliphatic carbocycles. The molecule has 0 bridgehead atoms. The van der Waals surface area contributed by atoms with E-state index in [1.165, 1.54) is 4.90 Å². The molecule has 1 amide bonds. The van der Waals surface area contributed by atoms with Crippen molar-refractivity contribution in [3.63, 3.8) is 0 Å². The van der Waals surface area contributed by atoms with E-state index in [0.29, 0.717) is 23.4 Å². The lowest BCUT2D eigenvalue weighted by Crippen LogP contribution is -2.37. The Bertz CT molecular complexity index is 1110. The summed E-state index contributed by atoms with van der Waals surface area (Å²) in [6.07, 6.45) is 3.52. The zero-order valence-electron chi connectivity index (χ0n) is 14.6. The summed E-state index contributed by atoms with van der Waals surface area (Å²) in [6, 6.07) is 9.53. The molecule has 1 aliphatic heterocycles. The van der Waals surface area contributed by atoms with E-state index >= 15 is 0 Å². The van der Waals surface area contributed by atoms with E-state index in [4.69, 9.17) is 12.2 Å². The van der Waals surface area contributed by atoms with Gasteiger partial charge in [0, 0.05) is 12.7 Å². The third-order valence-electron chi connectivity index (χ3n) is 5.20.